The van der Waals surface area contributed by atoms with Gasteiger partial charge in [0.25, 0.3) is 0 Å². The third-order valence-corrected chi connectivity index (χ3v) is 5.27. The molecular weight excluding hydrogens is 230 g/mol. The highest BCUT2D eigenvalue weighted by Crippen LogP contribution is 2.10. The van der Waals surface area contributed by atoms with E-state index in [1.54, 1.807) is 0 Å². The minimum absolute atomic E-state index is 0.579. The maximum atomic E-state index is 5.89. The van der Waals surface area contributed by atoms with Gasteiger partial charge in [0, 0.05) is 25.3 Å². The van der Waals surface area contributed by atoms with E-state index in [4.69, 9.17) is 8.85 Å². The van der Waals surface area contributed by atoms with E-state index in [2.05, 4.69) is 39.5 Å². The third-order valence-electron chi connectivity index (χ3n) is 2.99. The summed E-state index contributed by atoms with van der Waals surface area (Å²) >= 11 is 0. The number of rotatable bonds is 11. The van der Waals surface area contributed by atoms with Crippen LogP contribution in [-0.2, 0) is 8.85 Å². The van der Waals surface area contributed by atoms with E-state index in [-0.39, 0.29) is 0 Å². The molecule has 0 amide bonds. The van der Waals surface area contributed by atoms with Gasteiger partial charge >= 0.3 is 9.28 Å². The molecule has 4 heteroatoms. The van der Waals surface area contributed by atoms with Gasteiger partial charge in [-0.3, -0.25) is 0 Å². The Morgan fingerprint density at radius 1 is 0.941 bits per heavy atom. The summed E-state index contributed by atoms with van der Waals surface area (Å²) in [5.74, 6) is 0. The molecule has 0 aromatic rings. The van der Waals surface area contributed by atoms with Crippen molar-refractivity contribution in [1.29, 1.82) is 0 Å². The standard InChI is InChI=1S/C13H31NO2Si/c1-6-10-15-17(16-11-7-2)12-13(5)14(8-3)9-4/h13,17H,6-12H2,1-5H3. The molecule has 0 N–H and O–H groups in total. The number of hydrogen-bond donors (Lipinski definition) is 0. The van der Waals surface area contributed by atoms with Gasteiger partial charge in [0.15, 0.2) is 0 Å². The minimum Gasteiger partial charge on any atom is -0.396 e. The largest absolute Gasteiger partial charge is 0.396 e. The van der Waals surface area contributed by atoms with Gasteiger partial charge in [0.2, 0.25) is 0 Å². The molecule has 104 valence electrons. The van der Waals surface area contributed by atoms with Crippen LogP contribution in [0, 0.1) is 0 Å². The molecule has 0 spiro atoms. The quantitative estimate of drug-likeness (QED) is 0.534. The van der Waals surface area contributed by atoms with E-state index in [1.807, 2.05) is 0 Å². The van der Waals surface area contributed by atoms with E-state index >= 15 is 0 Å². The zero-order chi connectivity index (χ0) is 13.1. The summed E-state index contributed by atoms with van der Waals surface area (Å²) in [5, 5.41) is 0. The summed E-state index contributed by atoms with van der Waals surface area (Å²) in [5.41, 5.74) is 0. The van der Waals surface area contributed by atoms with Crippen LogP contribution in [0.25, 0.3) is 0 Å². The fourth-order valence-corrected chi connectivity index (χ4v) is 4.18. The van der Waals surface area contributed by atoms with Crippen LogP contribution in [0.5, 0.6) is 0 Å². The Bertz CT molecular complexity index is 157. The molecule has 0 aliphatic heterocycles. The van der Waals surface area contributed by atoms with E-state index < -0.39 is 9.28 Å². The first-order chi connectivity index (χ1) is 8.19. The molecule has 0 rings (SSSR count). The zero-order valence-corrected chi connectivity index (χ0v) is 13.5. The average Bonchev–Trinajstić information content (AvgIpc) is 2.34. The van der Waals surface area contributed by atoms with Crippen molar-refractivity contribution in [2.75, 3.05) is 26.3 Å². The van der Waals surface area contributed by atoms with Crippen molar-refractivity contribution in [2.24, 2.45) is 0 Å². The van der Waals surface area contributed by atoms with Crippen LogP contribution in [0.4, 0.5) is 0 Å². The lowest BCUT2D eigenvalue weighted by atomic mass is 10.3. The lowest BCUT2D eigenvalue weighted by Crippen LogP contribution is -2.38. The minimum atomic E-state index is -1.45. The lowest BCUT2D eigenvalue weighted by molar-refractivity contribution is 0.177. The van der Waals surface area contributed by atoms with Crippen LogP contribution in [0.1, 0.15) is 47.5 Å². The van der Waals surface area contributed by atoms with Gasteiger partial charge in [-0.1, -0.05) is 27.7 Å². The number of nitrogens with zero attached hydrogens (tertiary/aromatic N) is 1. The van der Waals surface area contributed by atoms with Gasteiger partial charge in [-0.15, -0.1) is 0 Å². The topological polar surface area (TPSA) is 21.7 Å². The van der Waals surface area contributed by atoms with Crippen molar-refractivity contribution < 1.29 is 8.85 Å². The molecule has 17 heavy (non-hydrogen) atoms. The highest BCUT2D eigenvalue weighted by molar-refractivity contribution is 6.44. The van der Waals surface area contributed by atoms with Crippen LogP contribution in [0.2, 0.25) is 6.04 Å². The Labute approximate surface area is 109 Å². The van der Waals surface area contributed by atoms with Crippen molar-refractivity contribution in [3.05, 3.63) is 0 Å². The zero-order valence-electron chi connectivity index (χ0n) is 12.4. The van der Waals surface area contributed by atoms with Gasteiger partial charge < -0.3 is 13.8 Å². The van der Waals surface area contributed by atoms with Crippen LogP contribution in [0.15, 0.2) is 0 Å². The summed E-state index contributed by atoms with van der Waals surface area (Å²) in [7, 11) is -1.45. The molecule has 0 aliphatic carbocycles. The summed E-state index contributed by atoms with van der Waals surface area (Å²) in [4.78, 5) is 2.48. The van der Waals surface area contributed by atoms with Crippen molar-refractivity contribution in [2.45, 2.75) is 59.5 Å². The molecule has 0 bridgehead atoms. The Morgan fingerprint density at radius 3 is 1.76 bits per heavy atom. The van der Waals surface area contributed by atoms with Crippen LogP contribution in [0.3, 0.4) is 0 Å². The van der Waals surface area contributed by atoms with Crippen molar-refractivity contribution >= 4 is 9.28 Å². The van der Waals surface area contributed by atoms with E-state index in [1.165, 1.54) is 0 Å². The molecule has 1 atom stereocenters. The lowest BCUT2D eigenvalue weighted by Gasteiger charge is -2.28. The molecule has 3 nitrogen and oxygen atoms in total. The molecule has 1 unspecified atom stereocenters. The summed E-state index contributed by atoms with van der Waals surface area (Å²) in [6, 6.07) is 1.68. The molecule has 0 fully saturated rings. The Hall–Kier alpha value is 0.0969. The summed E-state index contributed by atoms with van der Waals surface area (Å²) < 4.78 is 11.8. The number of hydrogen-bond acceptors (Lipinski definition) is 3. The fourth-order valence-electron chi connectivity index (χ4n) is 1.96. The average molecular weight is 261 g/mol. The predicted octanol–water partition coefficient (Wildman–Crippen LogP) is 2.79. The second-order valence-electron chi connectivity index (χ2n) is 4.48. The third kappa shape index (κ3) is 7.92. The fraction of sp³-hybridized carbons (Fsp3) is 1.00. The van der Waals surface area contributed by atoms with Gasteiger partial charge in [-0.25, -0.2) is 0 Å². The second-order valence-corrected chi connectivity index (χ2v) is 6.47. The Morgan fingerprint density at radius 2 is 1.41 bits per heavy atom. The molecule has 0 aromatic carbocycles. The normalized spacial score (nSPS) is 13.6. The van der Waals surface area contributed by atoms with Gasteiger partial charge in [-0.05, 0) is 32.9 Å². The summed E-state index contributed by atoms with van der Waals surface area (Å²) in [6.45, 7) is 15.0. The molecule has 0 aromatic heterocycles. The monoisotopic (exact) mass is 261 g/mol. The molecule has 0 saturated carbocycles. The molecule has 0 saturated heterocycles. The maximum Gasteiger partial charge on any atom is 0.322 e. The smallest absolute Gasteiger partial charge is 0.322 e. The van der Waals surface area contributed by atoms with Gasteiger partial charge in [-0.2, -0.15) is 0 Å². The molecule has 0 aliphatic rings. The van der Waals surface area contributed by atoms with E-state index in [0.717, 1.165) is 45.2 Å². The summed E-state index contributed by atoms with van der Waals surface area (Å²) in [6.07, 6.45) is 2.16. The molecular formula is C13H31NO2Si. The van der Waals surface area contributed by atoms with E-state index in [9.17, 15) is 0 Å². The van der Waals surface area contributed by atoms with Gasteiger partial charge in [0.1, 0.15) is 0 Å². The van der Waals surface area contributed by atoms with Gasteiger partial charge in [0.05, 0.1) is 0 Å². The van der Waals surface area contributed by atoms with Crippen molar-refractivity contribution in [3.8, 4) is 0 Å². The highest BCUT2D eigenvalue weighted by atomic mass is 28.3. The SMILES string of the molecule is CCCO[SiH](CC(C)N(CC)CC)OCCC. The second kappa shape index (κ2) is 11.2. The Balaban J connectivity index is 4.09. The Kier molecular flexibility index (Phi) is 11.3. The maximum absolute atomic E-state index is 5.89. The van der Waals surface area contributed by atoms with Crippen LogP contribution in [-0.4, -0.2) is 46.5 Å². The molecule has 0 radical (unpaired) electrons. The first-order valence-electron chi connectivity index (χ1n) is 7.16. The van der Waals surface area contributed by atoms with Crippen molar-refractivity contribution in [3.63, 3.8) is 0 Å². The highest BCUT2D eigenvalue weighted by Gasteiger charge is 2.20. The first-order valence-corrected chi connectivity index (χ1v) is 8.92. The van der Waals surface area contributed by atoms with E-state index in [0.29, 0.717) is 6.04 Å². The predicted molar refractivity (Wildman–Crippen MR) is 76.8 cm³/mol. The van der Waals surface area contributed by atoms with Crippen LogP contribution < -0.4 is 0 Å². The first kappa shape index (κ1) is 17.1. The van der Waals surface area contributed by atoms with Crippen LogP contribution >= 0.6 is 0 Å². The van der Waals surface area contributed by atoms with Crippen molar-refractivity contribution in [1.82, 2.24) is 4.90 Å². The molecule has 0 heterocycles.